The summed E-state index contributed by atoms with van der Waals surface area (Å²) in [6, 6.07) is 7.18. The number of rotatable bonds is 6. The van der Waals surface area contributed by atoms with E-state index in [1.165, 1.54) is 14.0 Å². The van der Waals surface area contributed by atoms with E-state index in [0.29, 0.717) is 13.1 Å². The number of ether oxygens (including phenoxy) is 1. The number of carbonyl (C=O) groups is 2. The van der Waals surface area contributed by atoms with Crippen molar-refractivity contribution < 1.29 is 14.3 Å². The lowest BCUT2D eigenvalue weighted by Crippen LogP contribution is -2.46. The second kappa shape index (κ2) is 7.91. The van der Waals surface area contributed by atoms with Gasteiger partial charge in [0.1, 0.15) is 6.04 Å². The Morgan fingerprint density at radius 1 is 1.32 bits per heavy atom. The number of amides is 1. The first-order valence-corrected chi connectivity index (χ1v) is 6.62. The minimum absolute atomic E-state index is 0.263. The summed E-state index contributed by atoms with van der Waals surface area (Å²) < 4.78 is 5.65. The summed E-state index contributed by atoms with van der Waals surface area (Å²) in [6.07, 6.45) is 0. The summed E-state index contributed by atoms with van der Waals surface area (Å²) >= 11 is 3.36. The van der Waals surface area contributed by atoms with Gasteiger partial charge in [0, 0.05) is 24.5 Å². The van der Waals surface area contributed by atoms with E-state index in [1.54, 1.807) is 0 Å². The van der Waals surface area contributed by atoms with Gasteiger partial charge in [-0.3, -0.25) is 4.79 Å². The third-order valence-electron chi connectivity index (χ3n) is 2.45. The van der Waals surface area contributed by atoms with Gasteiger partial charge in [0.05, 0.1) is 7.11 Å². The largest absolute Gasteiger partial charge is 0.467 e. The van der Waals surface area contributed by atoms with E-state index in [0.717, 1.165) is 10.0 Å². The predicted molar refractivity (Wildman–Crippen MR) is 75.5 cm³/mol. The molecule has 0 aliphatic carbocycles. The van der Waals surface area contributed by atoms with E-state index < -0.39 is 12.0 Å². The van der Waals surface area contributed by atoms with Crippen molar-refractivity contribution in [1.29, 1.82) is 0 Å². The van der Waals surface area contributed by atoms with Gasteiger partial charge in [0.2, 0.25) is 5.91 Å². The molecular weight excluding hydrogens is 312 g/mol. The van der Waals surface area contributed by atoms with Gasteiger partial charge >= 0.3 is 5.97 Å². The van der Waals surface area contributed by atoms with Gasteiger partial charge in [0.15, 0.2) is 0 Å². The molecule has 0 fully saturated rings. The van der Waals surface area contributed by atoms with Gasteiger partial charge in [-0.2, -0.15) is 0 Å². The van der Waals surface area contributed by atoms with Crippen LogP contribution in [-0.2, 0) is 20.9 Å². The van der Waals surface area contributed by atoms with E-state index in [1.807, 2.05) is 24.3 Å². The van der Waals surface area contributed by atoms with Crippen molar-refractivity contribution in [1.82, 2.24) is 10.6 Å². The van der Waals surface area contributed by atoms with E-state index in [2.05, 4.69) is 31.3 Å². The van der Waals surface area contributed by atoms with E-state index >= 15 is 0 Å². The number of methoxy groups -OCH3 is 1. The molecule has 0 aliphatic heterocycles. The van der Waals surface area contributed by atoms with Crippen LogP contribution in [0, 0.1) is 0 Å². The van der Waals surface area contributed by atoms with Crippen LogP contribution < -0.4 is 10.6 Å². The van der Waals surface area contributed by atoms with Crippen LogP contribution in [0.25, 0.3) is 0 Å². The molecule has 6 heteroatoms. The Kier molecular flexibility index (Phi) is 6.52. The molecule has 0 spiro atoms. The number of hydrogen-bond acceptors (Lipinski definition) is 4. The van der Waals surface area contributed by atoms with E-state index in [9.17, 15) is 9.59 Å². The molecule has 0 saturated heterocycles. The zero-order valence-electron chi connectivity index (χ0n) is 10.9. The highest BCUT2D eigenvalue weighted by atomic mass is 79.9. The molecular formula is C13H17BrN2O3. The summed E-state index contributed by atoms with van der Waals surface area (Å²) in [7, 11) is 1.30. The number of hydrogen-bond donors (Lipinski definition) is 2. The standard InChI is InChI=1S/C13H17BrN2O3/c1-9(17)16-12(13(18)19-2)8-15-7-10-3-5-11(14)6-4-10/h3-6,12,15H,7-8H2,1-2H3,(H,16,17). The van der Waals surface area contributed by atoms with Crippen molar-refractivity contribution in [3.8, 4) is 0 Å². The van der Waals surface area contributed by atoms with Crippen molar-refractivity contribution in [3.05, 3.63) is 34.3 Å². The van der Waals surface area contributed by atoms with Crippen molar-refractivity contribution in [2.24, 2.45) is 0 Å². The molecule has 1 aromatic carbocycles. The fraction of sp³-hybridized carbons (Fsp3) is 0.385. The SMILES string of the molecule is COC(=O)C(CNCc1ccc(Br)cc1)NC(C)=O. The monoisotopic (exact) mass is 328 g/mol. The van der Waals surface area contributed by atoms with E-state index in [4.69, 9.17) is 0 Å². The Balaban J connectivity index is 2.45. The first kappa shape index (κ1) is 15.7. The molecule has 1 atom stereocenters. The molecule has 0 bridgehead atoms. The summed E-state index contributed by atoms with van der Waals surface area (Å²) in [5.41, 5.74) is 1.09. The minimum atomic E-state index is -0.669. The number of benzene rings is 1. The second-order valence-corrected chi connectivity index (χ2v) is 4.95. The van der Waals surface area contributed by atoms with Crippen LogP contribution in [0.15, 0.2) is 28.7 Å². The summed E-state index contributed by atoms with van der Waals surface area (Å²) in [5.74, 6) is -0.723. The number of nitrogens with one attached hydrogen (secondary N) is 2. The summed E-state index contributed by atoms with van der Waals surface area (Å²) in [6.45, 7) is 2.30. The third-order valence-corrected chi connectivity index (χ3v) is 2.98. The summed E-state index contributed by atoms with van der Waals surface area (Å²) in [4.78, 5) is 22.4. The van der Waals surface area contributed by atoms with Crippen LogP contribution in [0.2, 0.25) is 0 Å². The molecule has 5 nitrogen and oxygen atoms in total. The molecule has 2 N–H and O–H groups in total. The van der Waals surface area contributed by atoms with Gasteiger partial charge in [-0.15, -0.1) is 0 Å². The Bertz CT molecular complexity index is 434. The summed E-state index contributed by atoms with van der Waals surface area (Å²) in [5, 5.41) is 5.65. The molecule has 1 amide bonds. The highest BCUT2D eigenvalue weighted by Crippen LogP contribution is 2.10. The zero-order chi connectivity index (χ0) is 14.3. The lowest BCUT2D eigenvalue weighted by molar-refractivity contribution is -0.144. The van der Waals surface area contributed by atoms with E-state index in [-0.39, 0.29) is 5.91 Å². The van der Waals surface area contributed by atoms with Crippen molar-refractivity contribution in [2.75, 3.05) is 13.7 Å². The van der Waals surface area contributed by atoms with Gasteiger partial charge in [0.25, 0.3) is 0 Å². The molecule has 0 heterocycles. The maximum Gasteiger partial charge on any atom is 0.329 e. The quantitative estimate of drug-likeness (QED) is 0.770. The van der Waals surface area contributed by atoms with Crippen LogP contribution in [0.5, 0.6) is 0 Å². The van der Waals surface area contributed by atoms with Crippen molar-refractivity contribution >= 4 is 27.8 Å². The highest BCUT2D eigenvalue weighted by Gasteiger charge is 2.19. The fourth-order valence-electron chi connectivity index (χ4n) is 1.54. The smallest absolute Gasteiger partial charge is 0.329 e. The molecule has 0 radical (unpaired) electrons. The first-order valence-electron chi connectivity index (χ1n) is 5.83. The molecule has 1 aromatic rings. The Labute approximate surface area is 120 Å². The molecule has 0 saturated carbocycles. The highest BCUT2D eigenvalue weighted by molar-refractivity contribution is 9.10. The molecule has 19 heavy (non-hydrogen) atoms. The van der Waals surface area contributed by atoms with Gasteiger partial charge in [-0.1, -0.05) is 28.1 Å². The van der Waals surface area contributed by atoms with Crippen molar-refractivity contribution in [2.45, 2.75) is 19.5 Å². The lowest BCUT2D eigenvalue weighted by atomic mass is 10.2. The molecule has 0 aliphatic rings. The zero-order valence-corrected chi connectivity index (χ0v) is 12.5. The second-order valence-electron chi connectivity index (χ2n) is 4.03. The maximum atomic E-state index is 11.5. The third kappa shape index (κ3) is 5.85. The minimum Gasteiger partial charge on any atom is -0.467 e. The number of halogens is 1. The average molecular weight is 329 g/mol. The van der Waals surface area contributed by atoms with Crippen molar-refractivity contribution in [3.63, 3.8) is 0 Å². The topological polar surface area (TPSA) is 67.4 Å². The maximum absolute atomic E-state index is 11.5. The van der Waals surface area contributed by atoms with Crippen LogP contribution in [-0.4, -0.2) is 31.6 Å². The lowest BCUT2D eigenvalue weighted by Gasteiger charge is -2.16. The van der Waals surface area contributed by atoms with Gasteiger partial charge in [-0.05, 0) is 17.7 Å². The normalized spacial score (nSPS) is 11.7. The average Bonchev–Trinajstić information content (AvgIpc) is 2.38. The van der Waals surface area contributed by atoms with Crippen LogP contribution in [0.4, 0.5) is 0 Å². The number of carbonyl (C=O) groups excluding carboxylic acids is 2. The fourth-order valence-corrected chi connectivity index (χ4v) is 1.81. The molecule has 104 valence electrons. The molecule has 0 aromatic heterocycles. The Hall–Kier alpha value is -1.40. The Morgan fingerprint density at radius 3 is 2.47 bits per heavy atom. The van der Waals surface area contributed by atoms with Gasteiger partial charge in [-0.25, -0.2) is 4.79 Å². The van der Waals surface area contributed by atoms with Crippen LogP contribution >= 0.6 is 15.9 Å². The number of esters is 1. The Morgan fingerprint density at radius 2 is 1.95 bits per heavy atom. The molecule has 1 unspecified atom stereocenters. The van der Waals surface area contributed by atoms with Gasteiger partial charge < -0.3 is 15.4 Å². The van der Waals surface area contributed by atoms with Crippen LogP contribution in [0.1, 0.15) is 12.5 Å². The molecule has 1 rings (SSSR count). The predicted octanol–water partition coefficient (Wildman–Crippen LogP) is 1.22. The first-order chi connectivity index (χ1) is 9.02. The van der Waals surface area contributed by atoms with Crippen LogP contribution in [0.3, 0.4) is 0 Å².